The second-order valence-electron chi connectivity index (χ2n) is 4.85. The first-order valence-corrected chi connectivity index (χ1v) is 7.07. The maximum atomic E-state index is 11.2. The highest BCUT2D eigenvalue weighted by atomic mass is 32.2. The van der Waals surface area contributed by atoms with Crippen LogP contribution in [0.25, 0.3) is 0 Å². The third kappa shape index (κ3) is 3.80. The Morgan fingerprint density at radius 3 is 2.80 bits per heavy atom. The lowest BCUT2D eigenvalue weighted by molar-refractivity contribution is -0.934. The summed E-state index contributed by atoms with van der Waals surface area (Å²) in [6.45, 7) is 6.74. The normalized spacial score (nSPS) is 31.5. The summed E-state index contributed by atoms with van der Waals surface area (Å²) in [5, 5.41) is 0.339. The van der Waals surface area contributed by atoms with Crippen molar-refractivity contribution in [1.82, 2.24) is 0 Å². The summed E-state index contributed by atoms with van der Waals surface area (Å²) in [7, 11) is 2.35. The molecule has 0 bridgehead atoms. The van der Waals surface area contributed by atoms with E-state index in [4.69, 9.17) is 0 Å². The van der Waals surface area contributed by atoms with Crippen LogP contribution in [0.1, 0.15) is 39.5 Å². The van der Waals surface area contributed by atoms with Gasteiger partial charge in [0.1, 0.15) is 0 Å². The highest BCUT2D eigenvalue weighted by molar-refractivity contribution is 8.13. The van der Waals surface area contributed by atoms with Gasteiger partial charge in [0.2, 0.25) is 0 Å². The Kier molecular flexibility index (Phi) is 5.13. The van der Waals surface area contributed by atoms with Gasteiger partial charge in [0.15, 0.2) is 5.12 Å². The van der Waals surface area contributed by atoms with Crippen LogP contribution in [0.4, 0.5) is 0 Å². The number of carbonyl (C=O) groups is 1. The van der Waals surface area contributed by atoms with E-state index in [1.165, 1.54) is 42.1 Å². The van der Waals surface area contributed by atoms with Gasteiger partial charge in [-0.25, -0.2) is 0 Å². The molecule has 0 radical (unpaired) electrons. The number of carbonyl (C=O) groups excluding carboxylic acids is 1. The third-order valence-corrected chi connectivity index (χ3v) is 4.76. The fourth-order valence-corrected chi connectivity index (χ4v) is 3.19. The molecule has 0 N–H and O–H groups in total. The molecule has 0 aliphatic carbocycles. The number of rotatable bonds is 4. The fourth-order valence-electron chi connectivity index (χ4n) is 2.25. The Balaban J connectivity index is 2.31. The Morgan fingerprint density at radius 2 is 2.20 bits per heavy atom. The molecule has 1 rings (SSSR count). The van der Waals surface area contributed by atoms with Crippen molar-refractivity contribution in [3.8, 4) is 0 Å². The molecule has 0 aromatic rings. The molecule has 0 amide bonds. The van der Waals surface area contributed by atoms with Crippen molar-refractivity contribution in [1.29, 1.82) is 0 Å². The summed E-state index contributed by atoms with van der Waals surface area (Å²) in [5.41, 5.74) is 0. The van der Waals surface area contributed by atoms with Crippen LogP contribution in [0, 0.1) is 0 Å². The van der Waals surface area contributed by atoms with E-state index in [1.807, 2.05) is 6.92 Å². The number of likely N-dealkylation sites (tertiary alicyclic amines) is 1. The van der Waals surface area contributed by atoms with Crippen LogP contribution in [0.5, 0.6) is 0 Å². The molecular weight excluding hydrogens is 206 g/mol. The summed E-state index contributed by atoms with van der Waals surface area (Å²) in [4.78, 5) is 11.2. The summed E-state index contributed by atoms with van der Waals surface area (Å²) >= 11 is 1.52. The molecule has 2 atom stereocenters. The lowest BCUT2D eigenvalue weighted by Gasteiger charge is -2.43. The standard InChI is InChI=1S/C12H24NOS/c1-4-12(14)15-10-9-13(3)8-6-5-7-11(13)2/h11H,4-10H2,1-3H3/q+1. The minimum absolute atomic E-state index is 0.339. The molecule has 1 fully saturated rings. The van der Waals surface area contributed by atoms with Crippen molar-refractivity contribution in [2.24, 2.45) is 0 Å². The predicted octanol–water partition coefficient (Wildman–Crippen LogP) is 2.68. The maximum absolute atomic E-state index is 11.2. The zero-order chi connectivity index (χ0) is 11.3. The van der Waals surface area contributed by atoms with E-state index in [0.29, 0.717) is 11.5 Å². The topological polar surface area (TPSA) is 17.1 Å². The average molecular weight is 230 g/mol. The van der Waals surface area contributed by atoms with E-state index in [9.17, 15) is 4.79 Å². The van der Waals surface area contributed by atoms with E-state index in [0.717, 1.165) is 18.3 Å². The van der Waals surface area contributed by atoms with Crippen molar-refractivity contribution in [2.45, 2.75) is 45.6 Å². The van der Waals surface area contributed by atoms with Crippen molar-refractivity contribution < 1.29 is 9.28 Å². The van der Waals surface area contributed by atoms with Gasteiger partial charge >= 0.3 is 0 Å². The zero-order valence-electron chi connectivity index (χ0n) is 10.3. The highest BCUT2D eigenvalue weighted by Gasteiger charge is 2.31. The molecule has 0 saturated carbocycles. The first-order valence-electron chi connectivity index (χ1n) is 6.08. The smallest absolute Gasteiger partial charge is 0.188 e. The van der Waals surface area contributed by atoms with Crippen molar-refractivity contribution >= 4 is 16.9 Å². The lowest BCUT2D eigenvalue weighted by Crippen LogP contribution is -2.54. The Morgan fingerprint density at radius 1 is 1.47 bits per heavy atom. The largest absolute Gasteiger partial charge is 0.323 e. The van der Waals surface area contributed by atoms with Gasteiger partial charge < -0.3 is 4.48 Å². The maximum Gasteiger partial charge on any atom is 0.188 e. The molecule has 3 heteroatoms. The van der Waals surface area contributed by atoms with E-state index in [2.05, 4.69) is 14.0 Å². The van der Waals surface area contributed by atoms with Crippen LogP contribution >= 0.6 is 11.8 Å². The highest BCUT2D eigenvalue weighted by Crippen LogP contribution is 2.24. The van der Waals surface area contributed by atoms with E-state index < -0.39 is 0 Å². The minimum atomic E-state index is 0.339. The van der Waals surface area contributed by atoms with Gasteiger partial charge in [-0.15, -0.1) is 0 Å². The minimum Gasteiger partial charge on any atom is -0.323 e. The summed E-state index contributed by atoms with van der Waals surface area (Å²) < 4.78 is 1.17. The summed E-state index contributed by atoms with van der Waals surface area (Å²) in [6, 6.07) is 0.774. The number of thioether (sulfide) groups is 1. The van der Waals surface area contributed by atoms with Crippen LogP contribution in [0.2, 0.25) is 0 Å². The van der Waals surface area contributed by atoms with E-state index >= 15 is 0 Å². The van der Waals surface area contributed by atoms with Crippen molar-refractivity contribution in [2.75, 3.05) is 25.9 Å². The van der Waals surface area contributed by atoms with Gasteiger partial charge in [0.05, 0.1) is 31.9 Å². The SMILES string of the molecule is CCC(=O)SCC[N+]1(C)CCCCC1C. The van der Waals surface area contributed by atoms with Gasteiger partial charge in [0.25, 0.3) is 0 Å². The summed E-state index contributed by atoms with van der Waals surface area (Å²) in [5.74, 6) is 0.994. The number of hydrogen-bond donors (Lipinski definition) is 0. The zero-order valence-corrected chi connectivity index (χ0v) is 11.1. The van der Waals surface area contributed by atoms with Crippen LogP contribution in [-0.4, -0.2) is 41.5 Å². The quantitative estimate of drug-likeness (QED) is 0.691. The Hall–Kier alpha value is -0.0200. The van der Waals surface area contributed by atoms with Crippen LogP contribution in [0.15, 0.2) is 0 Å². The molecule has 1 saturated heterocycles. The lowest BCUT2D eigenvalue weighted by atomic mass is 10.0. The molecular formula is C12H24NOS+. The van der Waals surface area contributed by atoms with Gasteiger partial charge in [0, 0.05) is 6.42 Å². The first kappa shape index (κ1) is 13.0. The number of nitrogens with zero attached hydrogens (tertiary/aromatic N) is 1. The number of hydrogen-bond acceptors (Lipinski definition) is 2. The predicted molar refractivity (Wildman–Crippen MR) is 67.0 cm³/mol. The monoisotopic (exact) mass is 230 g/mol. The molecule has 0 aromatic carbocycles. The van der Waals surface area contributed by atoms with Crippen LogP contribution < -0.4 is 0 Å². The van der Waals surface area contributed by atoms with E-state index in [-0.39, 0.29) is 0 Å². The van der Waals surface area contributed by atoms with Gasteiger partial charge in [-0.1, -0.05) is 18.7 Å². The molecule has 2 unspecified atom stereocenters. The van der Waals surface area contributed by atoms with Gasteiger partial charge in [-0.3, -0.25) is 4.79 Å². The molecule has 88 valence electrons. The average Bonchev–Trinajstić information content (AvgIpc) is 2.22. The molecule has 1 aliphatic rings. The number of piperidine rings is 1. The van der Waals surface area contributed by atoms with Crippen molar-refractivity contribution in [3.05, 3.63) is 0 Å². The van der Waals surface area contributed by atoms with Crippen LogP contribution in [-0.2, 0) is 4.79 Å². The molecule has 1 heterocycles. The second kappa shape index (κ2) is 5.90. The molecule has 0 aromatic heterocycles. The fraction of sp³-hybridized carbons (Fsp3) is 0.917. The second-order valence-corrected chi connectivity index (χ2v) is 6.00. The summed E-state index contributed by atoms with van der Waals surface area (Å²) in [6.07, 6.45) is 4.76. The van der Waals surface area contributed by atoms with E-state index in [1.54, 1.807) is 0 Å². The van der Waals surface area contributed by atoms with Gasteiger partial charge in [-0.05, 0) is 26.2 Å². The molecule has 1 aliphatic heterocycles. The van der Waals surface area contributed by atoms with Crippen molar-refractivity contribution in [3.63, 3.8) is 0 Å². The third-order valence-electron chi connectivity index (χ3n) is 3.76. The van der Waals surface area contributed by atoms with Crippen LogP contribution in [0.3, 0.4) is 0 Å². The first-order chi connectivity index (χ1) is 7.08. The molecule has 2 nitrogen and oxygen atoms in total. The molecule has 15 heavy (non-hydrogen) atoms. The Bertz CT molecular complexity index is 220. The number of quaternary nitrogens is 1. The van der Waals surface area contributed by atoms with Gasteiger partial charge in [-0.2, -0.15) is 0 Å². The molecule has 0 spiro atoms. The Labute approximate surface area is 98.0 Å².